The molecule has 1 aromatic heterocycles. The number of nitrogens with zero attached hydrogens (tertiary/aromatic N) is 2. The van der Waals surface area contributed by atoms with Crippen LogP contribution in [0.5, 0.6) is 5.75 Å². The number of carbonyl (C=O) groups excluding carboxylic acids is 1. The Morgan fingerprint density at radius 1 is 0.968 bits per heavy atom. The Labute approximate surface area is 190 Å². The maximum atomic E-state index is 13.5. The molecule has 5 nitrogen and oxygen atoms in total. The fraction of sp³-hybridized carbons (Fsp3) is 0.250. The topological polar surface area (TPSA) is 51.5 Å². The minimum Gasteiger partial charge on any atom is -0.483 e. The first-order valence-corrected chi connectivity index (χ1v) is 10.7. The molecule has 3 aromatic rings. The van der Waals surface area contributed by atoms with Crippen molar-refractivity contribution in [3.05, 3.63) is 97.9 Å². The lowest BCUT2D eigenvalue weighted by molar-refractivity contribution is 0.0563. The number of amides is 1. The number of hydrogen-bond donors (Lipinski definition) is 0. The summed E-state index contributed by atoms with van der Waals surface area (Å²) >= 11 is 12.2. The maximum absolute atomic E-state index is 13.5. The molecule has 0 saturated carbocycles. The first-order valence-electron chi connectivity index (χ1n) is 9.92. The molecule has 7 heteroatoms. The van der Waals surface area contributed by atoms with Crippen LogP contribution in [0.15, 0.2) is 65.6 Å². The van der Waals surface area contributed by atoms with Gasteiger partial charge in [-0.1, -0.05) is 59.6 Å². The van der Waals surface area contributed by atoms with E-state index in [0.29, 0.717) is 23.1 Å². The summed E-state index contributed by atoms with van der Waals surface area (Å²) in [6, 6.07) is 16.3. The van der Waals surface area contributed by atoms with Crippen molar-refractivity contribution in [2.75, 3.05) is 6.54 Å². The van der Waals surface area contributed by atoms with Crippen LogP contribution in [0.1, 0.15) is 35.5 Å². The zero-order valence-electron chi connectivity index (χ0n) is 17.3. The van der Waals surface area contributed by atoms with Crippen LogP contribution < -0.4 is 10.2 Å². The second-order valence-corrected chi connectivity index (χ2v) is 9.04. The number of aromatic nitrogens is 1. The number of halogens is 2. The Hall–Kier alpha value is -2.76. The van der Waals surface area contributed by atoms with Crippen molar-refractivity contribution in [1.82, 2.24) is 9.47 Å². The standard InChI is InChI=1S/C24H22Cl2N2O3/c1-24(2)15-27(13-17-8-9-18(25)19(26)12-17)23(30)21-22(20(29)10-11-28(21)24)31-14-16-6-4-3-5-7-16/h3-12H,13-15H2,1-2H3. The molecule has 1 aliphatic heterocycles. The number of carbonyl (C=O) groups is 1. The van der Waals surface area contributed by atoms with Gasteiger partial charge >= 0.3 is 0 Å². The van der Waals surface area contributed by atoms with Crippen molar-refractivity contribution in [2.24, 2.45) is 0 Å². The molecular formula is C24H22Cl2N2O3. The lowest BCUT2D eigenvalue weighted by Crippen LogP contribution is -2.51. The van der Waals surface area contributed by atoms with Gasteiger partial charge in [0.05, 0.1) is 15.6 Å². The highest BCUT2D eigenvalue weighted by molar-refractivity contribution is 6.42. The van der Waals surface area contributed by atoms with Gasteiger partial charge in [-0.3, -0.25) is 9.59 Å². The summed E-state index contributed by atoms with van der Waals surface area (Å²) in [5.41, 5.74) is 1.29. The third-order valence-corrected chi connectivity index (χ3v) is 6.10. The molecule has 2 heterocycles. The van der Waals surface area contributed by atoms with Crippen molar-refractivity contribution in [2.45, 2.75) is 32.5 Å². The van der Waals surface area contributed by atoms with Crippen LogP contribution in [0.2, 0.25) is 10.0 Å². The largest absolute Gasteiger partial charge is 0.483 e. The molecule has 0 saturated heterocycles. The number of rotatable bonds is 5. The number of hydrogen-bond acceptors (Lipinski definition) is 3. The van der Waals surface area contributed by atoms with Gasteiger partial charge in [0, 0.05) is 25.4 Å². The summed E-state index contributed by atoms with van der Waals surface area (Å²) in [7, 11) is 0. The number of benzene rings is 2. The predicted octanol–water partition coefficient (Wildman–Crippen LogP) is 5.13. The molecule has 1 aliphatic rings. The first-order chi connectivity index (χ1) is 14.8. The Morgan fingerprint density at radius 3 is 2.42 bits per heavy atom. The number of ether oxygens (including phenoxy) is 1. The minimum absolute atomic E-state index is 0.0725. The molecule has 0 atom stereocenters. The van der Waals surface area contributed by atoms with Gasteiger partial charge in [-0.15, -0.1) is 0 Å². The second-order valence-electron chi connectivity index (χ2n) is 8.22. The van der Waals surface area contributed by atoms with Crippen LogP contribution in [0.4, 0.5) is 0 Å². The van der Waals surface area contributed by atoms with E-state index >= 15 is 0 Å². The van der Waals surface area contributed by atoms with Gasteiger partial charge in [-0.05, 0) is 37.1 Å². The van der Waals surface area contributed by atoms with E-state index in [1.807, 2.05) is 54.8 Å². The Kier molecular flexibility index (Phi) is 5.82. The number of fused-ring (bicyclic) bond motifs is 1. The highest BCUT2D eigenvalue weighted by Gasteiger charge is 2.38. The lowest BCUT2D eigenvalue weighted by Gasteiger charge is -2.41. The van der Waals surface area contributed by atoms with Gasteiger partial charge in [0.2, 0.25) is 5.43 Å². The molecule has 4 rings (SSSR count). The van der Waals surface area contributed by atoms with Crippen LogP contribution in [0, 0.1) is 0 Å². The molecule has 0 radical (unpaired) electrons. The predicted molar refractivity (Wildman–Crippen MR) is 122 cm³/mol. The fourth-order valence-electron chi connectivity index (χ4n) is 3.84. The molecule has 0 unspecified atom stereocenters. The summed E-state index contributed by atoms with van der Waals surface area (Å²) < 4.78 is 7.73. The van der Waals surface area contributed by atoms with Gasteiger partial charge in [-0.25, -0.2) is 0 Å². The Bertz CT molecular complexity index is 1190. The zero-order valence-corrected chi connectivity index (χ0v) is 18.8. The van der Waals surface area contributed by atoms with E-state index in [1.165, 1.54) is 6.07 Å². The molecule has 31 heavy (non-hydrogen) atoms. The molecular weight excluding hydrogens is 435 g/mol. The Morgan fingerprint density at radius 2 is 1.71 bits per heavy atom. The van der Waals surface area contributed by atoms with Gasteiger partial charge in [0.1, 0.15) is 6.61 Å². The molecule has 1 amide bonds. The van der Waals surface area contributed by atoms with E-state index in [1.54, 1.807) is 23.2 Å². The average molecular weight is 457 g/mol. The summed E-state index contributed by atoms with van der Waals surface area (Å²) in [6.07, 6.45) is 1.67. The van der Waals surface area contributed by atoms with Crippen LogP contribution in [-0.4, -0.2) is 21.9 Å². The summed E-state index contributed by atoms with van der Waals surface area (Å²) in [6.45, 7) is 5.07. The van der Waals surface area contributed by atoms with Gasteiger partial charge in [0.25, 0.3) is 5.91 Å². The van der Waals surface area contributed by atoms with Crippen molar-refractivity contribution in [3.63, 3.8) is 0 Å². The molecule has 0 spiro atoms. The monoisotopic (exact) mass is 456 g/mol. The summed E-state index contributed by atoms with van der Waals surface area (Å²) in [5, 5.41) is 0.899. The van der Waals surface area contributed by atoms with Crippen LogP contribution in [0.25, 0.3) is 0 Å². The lowest BCUT2D eigenvalue weighted by atomic mass is 9.98. The quantitative estimate of drug-likeness (QED) is 0.534. The van der Waals surface area contributed by atoms with Crippen molar-refractivity contribution >= 4 is 29.1 Å². The third-order valence-electron chi connectivity index (χ3n) is 5.36. The number of pyridine rings is 1. The van der Waals surface area contributed by atoms with Gasteiger partial charge in [-0.2, -0.15) is 0 Å². The van der Waals surface area contributed by atoms with Crippen molar-refractivity contribution in [3.8, 4) is 5.75 Å². The normalized spacial score (nSPS) is 15.0. The van der Waals surface area contributed by atoms with E-state index in [9.17, 15) is 9.59 Å². The first kappa shape index (κ1) is 21.5. The second kappa shape index (κ2) is 8.40. The highest BCUT2D eigenvalue weighted by Crippen LogP contribution is 2.32. The molecule has 0 fully saturated rings. The van der Waals surface area contributed by atoms with Crippen molar-refractivity contribution in [1.29, 1.82) is 0 Å². The molecule has 2 aromatic carbocycles. The maximum Gasteiger partial charge on any atom is 0.274 e. The Balaban J connectivity index is 1.70. The SMILES string of the molecule is CC1(C)CN(Cc2ccc(Cl)c(Cl)c2)C(=O)c2c(OCc3ccccc3)c(=O)ccn21. The van der Waals surface area contributed by atoms with E-state index in [2.05, 4.69) is 0 Å². The van der Waals surface area contributed by atoms with Crippen LogP contribution >= 0.6 is 23.2 Å². The smallest absolute Gasteiger partial charge is 0.274 e. The van der Waals surface area contributed by atoms with E-state index in [4.69, 9.17) is 27.9 Å². The fourth-order valence-corrected chi connectivity index (χ4v) is 4.16. The molecule has 160 valence electrons. The van der Waals surface area contributed by atoms with E-state index in [0.717, 1.165) is 11.1 Å². The van der Waals surface area contributed by atoms with E-state index in [-0.39, 0.29) is 29.4 Å². The van der Waals surface area contributed by atoms with Gasteiger partial charge in [0.15, 0.2) is 11.4 Å². The van der Waals surface area contributed by atoms with Crippen LogP contribution in [0.3, 0.4) is 0 Å². The molecule has 0 N–H and O–H groups in total. The zero-order chi connectivity index (χ0) is 22.2. The third kappa shape index (κ3) is 4.34. The average Bonchev–Trinajstić information content (AvgIpc) is 2.74. The van der Waals surface area contributed by atoms with Crippen molar-refractivity contribution < 1.29 is 9.53 Å². The van der Waals surface area contributed by atoms with Crippen LogP contribution in [-0.2, 0) is 18.7 Å². The molecule has 0 aliphatic carbocycles. The highest BCUT2D eigenvalue weighted by atomic mass is 35.5. The molecule has 0 bridgehead atoms. The summed E-state index contributed by atoms with van der Waals surface area (Å²) in [5.74, 6) is -0.186. The van der Waals surface area contributed by atoms with Gasteiger partial charge < -0.3 is 14.2 Å². The van der Waals surface area contributed by atoms with E-state index < -0.39 is 5.54 Å². The minimum atomic E-state index is -0.433. The summed E-state index contributed by atoms with van der Waals surface area (Å²) in [4.78, 5) is 27.9.